The van der Waals surface area contributed by atoms with Crippen molar-refractivity contribution >= 4 is 0 Å². The number of halogens is 4. The van der Waals surface area contributed by atoms with Crippen LogP contribution in [-0.2, 0) is 12.7 Å². The zero-order valence-electron chi connectivity index (χ0n) is 12.0. The highest BCUT2D eigenvalue weighted by Crippen LogP contribution is 2.32. The molecule has 1 aromatic carbocycles. The first-order valence-corrected chi connectivity index (χ1v) is 6.72. The highest BCUT2D eigenvalue weighted by Gasteiger charge is 2.33. The van der Waals surface area contributed by atoms with Gasteiger partial charge in [0.25, 0.3) is 0 Å². The van der Waals surface area contributed by atoms with Crippen molar-refractivity contribution in [3.05, 3.63) is 66.0 Å². The Morgan fingerprint density at radius 1 is 1.17 bits per heavy atom. The molecule has 120 valence electrons. The molecular weight excluding hydrogens is 312 g/mol. The molecule has 8 heteroatoms. The summed E-state index contributed by atoms with van der Waals surface area (Å²) in [4.78, 5) is 8.27. The van der Waals surface area contributed by atoms with Gasteiger partial charge in [0.05, 0.1) is 24.1 Å². The molecule has 3 rings (SSSR count). The predicted octanol–water partition coefficient (Wildman–Crippen LogP) is 3.58. The lowest BCUT2D eigenvalue weighted by molar-refractivity contribution is -0.139. The number of aryl methyl sites for hydroxylation is 1. The fraction of sp³-hybridized carbons (Fsp3) is 0.200. The van der Waals surface area contributed by atoms with Gasteiger partial charge in [0, 0.05) is 24.3 Å². The summed E-state index contributed by atoms with van der Waals surface area (Å²) < 4.78 is 54.7. The van der Waals surface area contributed by atoms with E-state index in [1.807, 2.05) is 11.5 Å². The molecule has 3 aromatic rings. The lowest BCUT2D eigenvalue weighted by Crippen LogP contribution is -2.08. The number of alkyl halides is 3. The van der Waals surface area contributed by atoms with Gasteiger partial charge >= 0.3 is 6.18 Å². The van der Waals surface area contributed by atoms with Crippen molar-refractivity contribution in [1.29, 1.82) is 0 Å². The first kappa shape index (κ1) is 15.3. The summed E-state index contributed by atoms with van der Waals surface area (Å²) in [6.07, 6.45) is 1.83. The molecule has 23 heavy (non-hydrogen) atoms. The Hall–Kier alpha value is -2.64. The van der Waals surface area contributed by atoms with Gasteiger partial charge in [-0.15, -0.1) is 0 Å². The second-order valence-corrected chi connectivity index (χ2v) is 5.04. The van der Waals surface area contributed by atoms with E-state index in [4.69, 9.17) is 0 Å². The minimum Gasteiger partial charge on any atom is -0.329 e. The third kappa shape index (κ3) is 3.10. The van der Waals surface area contributed by atoms with Crippen molar-refractivity contribution in [3.8, 4) is 5.69 Å². The van der Waals surface area contributed by atoms with Crippen LogP contribution in [-0.4, -0.2) is 19.1 Å². The van der Waals surface area contributed by atoms with Crippen LogP contribution < -0.4 is 0 Å². The van der Waals surface area contributed by atoms with Gasteiger partial charge in [0.1, 0.15) is 11.6 Å². The number of benzene rings is 1. The summed E-state index contributed by atoms with van der Waals surface area (Å²) >= 11 is 0. The fourth-order valence-corrected chi connectivity index (χ4v) is 2.23. The van der Waals surface area contributed by atoms with Crippen LogP contribution in [0.1, 0.15) is 17.1 Å². The van der Waals surface area contributed by atoms with Crippen LogP contribution in [0.2, 0.25) is 0 Å². The van der Waals surface area contributed by atoms with Gasteiger partial charge < -0.3 is 9.13 Å². The van der Waals surface area contributed by atoms with E-state index in [1.165, 1.54) is 17.0 Å². The standard InChI is InChI=1S/C15H12F4N4/c1-10-20-4-5-22(10)7-11-8-23(9-21-11)12-2-3-13(14(16)6-12)15(17,18)19/h2-6,8-9H,7H2,1H3. The van der Waals surface area contributed by atoms with Gasteiger partial charge in [-0.3, -0.25) is 0 Å². The van der Waals surface area contributed by atoms with Crippen molar-refractivity contribution in [2.45, 2.75) is 19.6 Å². The van der Waals surface area contributed by atoms with Crippen molar-refractivity contribution in [1.82, 2.24) is 19.1 Å². The van der Waals surface area contributed by atoms with Gasteiger partial charge in [-0.2, -0.15) is 13.2 Å². The third-order valence-corrected chi connectivity index (χ3v) is 3.45. The normalized spacial score (nSPS) is 11.9. The molecule has 0 aliphatic rings. The van der Waals surface area contributed by atoms with Gasteiger partial charge in [-0.1, -0.05) is 0 Å². The van der Waals surface area contributed by atoms with E-state index in [-0.39, 0.29) is 5.69 Å². The maximum absolute atomic E-state index is 13.6. The number of imidazole rings is 2. The summed E-state index contributed by atoms with van der Waals surface area (Å²) in [5.74, 6) is -0.490. The largest absolute Gasteiger partial charge is 0.419 e. The Labute approximate surface area is 129 Å². The van der Waals surface area contributed by atoms with Crippen LogP contribution in [0.3, 0.4) is 0 Å². The maximum Gasteiger partial charge on any atom is 0.419 e. The summed E-state index contributed by atoms with van der Waals surface area (Å²) in [5, 5.41) is 0. The molecule has 0 radical (unpaired) electrons. The highest BCUT2D eigenvalue weighted by molar-refractivity contribution is 5.37. The molecule has 0 saturated carbocycles. The molecule has 0 saturated heterocycles. The zero-order valence-corrected chi connectivity index (χ0v) is 12.0. The summed E-state index contributed by atoms with van der Waals surface area (Å²) in [6, 6.07) is 2.78. The van der Waals surface area contributed by atoms with Crippen LogP contribution in [0.25, 0.3) is 5.69 Å². The van der Waals surface area contributed by atoms with E-state index in [9.17, 15) is 17.6 Å². The molecule has 0 aliphatic heterocycles. The summed E-state index contributed by atoms with van der Waals surface area (Å²) in [5.41, 5.74) is -0.321. The van der Waals surface area contributed by atoms with E-state index >= 15 is 0 Å². The van der Waals surface area contributed by atoms with Crippen LogP contribution in [0.5, 0.6) is 0 Å². The van der Waals surface area contributed by atoms with E-state index in [0.717, 1.165) is 18.0 Å². The number of hydrogen-bond donors (Lipinski definition) is 0. The molecule has 0 N–H and O–H groups in total. The Morgan fingerprint density at radius 3 is 2.57 bits per heavy atom. The van der Waals surface area contributed by atoms with E-state index in [0.29, 0.717) is 12.2 Å². The number of hydrogen-bond acceptors (Lipinski definition) is 2. The molecule has 0 aliphatic carbocycles. The average Bonchev–Trinajstić information content (AvgIpc) is 3.08. The lowest BCUT2D eigenvalue weighted by atomic mass is 10.2. The Bertz CT molecular complexity index is 832. The topological polar surface area (TPSA) is 35.6 Å². The van der Waals surface area contributed by atoms with E-state index in [1.54, 1.807) is 18.6 Å². The summed E-state index contributed by atoms with van der Waals surface area (Å²) in [6.45, 7) is 2.32. The SMILES string of the molecule is Cc1nccn1Cc1cn(-c2ccc(C(F)(F)F)c(F)c2)cn1. The average molecular weight is 324 g/mol. The number of rotatable bonds is 3. The minimum atomic E-state index is -4.71. The number of aromatic nitrogens is 4. The highest BCUT2D eigenvalue weighted by atomic mass is 19.4. The third-order valence-electron chi connectivity index (χ3n) is 3.45. The van der Waals surface area contributed by atoms with Gasteiger partial charge in [0.15, 0.2) is 0 Å². The van der Waals surface area contributed by atoms with Crippen molar-refractivity contribution in [3.63, 3.8) is 0 Å². The molecule has 0 spiro atoms. The first-order chi connectivity index (χ1) is 10.8. The van der Waals surface area contributed by atoms with Crippen LogP contribution >= 0.6 is 0 Å². The zero-order chi connectivity index (χ0) is 16.6. The van der Waals surface area contributed by atoms with Crippen LogP contribution in [0.4, 0.5) is 17.6 Å². The molecule has 2 aromatic heterocycles. The molecule has 0 amide bonds. The second-order valence-electron chi connectivity index (χ2n) is 5.04. The van der Waals surface area contributed by atoms with Crippen LogP contribution in [0.15, 0.2) is 43.1 Å². The van der Waals surface area contributed by atoms with E-state index in [2.05, 4.69) is 9.97 Å². The fourth-order valence-electron chi connectivity index (χ4n) is 2.23. The number of nitrogens with zero attached hydrogens (tertiary/aromatic N) is 4. The quantitative estimate of drug-likeness (QED) is 0.690. The van der Waals surface area contributed by atoms with Crippen LogP contribution in [0, 0.1) is 12.7 Å². The van der Waals surface area contributed by atoms with Crippen molar-refractivity contribution in [2.75, 3.05) is 0 Å². The molecule has 0 bridgehead atoms. The molecule has 0 atom stereocenters. The molecular formula is C15H12F4N4. The predicted molar refractivity (Wildman–Crippen MR) is 74.6 cm³/mol. The minimum absolute atomic E-state index is 0.275. The molecule has 0 unspecified atom stereocenters. The first-order valence-electron chi connectivity index (χ1n) is 6.72. The maximum atomic E-state index is 13.6. The van der Waals surface area contributed by atoms with E-state index < -0.39 is 17.6 Å². The molecule has 2 heterocycles. The Balaban J connectivity index is 1.86. The summed E-state index contributed by atoms with van der Waals surface area (Å²) in [7, 11) is 0. The smallest absolute Gasteiger partial charge is 0.329 e. The monoisotopic (exact) mass is 324 g/mol. The van der Waals surface area contributed by atoms with Gasteiger partial charge in [-0.05, 0) is 25.1 Å². The second kappa shape index (κ2) is 5.53. The van der Waals surface area contributed by atoms with Crippen molar-refractivity contribution in [2.24, 2.45) is 0 Å². The lowest BCUT2D eigenvalue weighted by Gasteiger charge is -2.09. The Morgan fingerprint density at radius 2 is 1.96 bits per heavy atom. The molecule has 4 nitrogen and oxygen atoms in total. The van der Waals surface area contributed by atoms with Crippen molar-refractivity contribution < 1.29 is 17.6 Å². The van der Waals surface area contributed by atoms with Gasteiger partial charge in [-0.25, -0.2) is 14.4 Å². The Kier molecular flexibility index (Phi) is 3.67. The van der Waals surface area contributed by atoms with Gasteiger partial charge in [0.2, 0.25) is 0 Å². The molecule has 0 fully saturated rings.